The van der Waals surface area contributed by atoms with Gasteiger partial charge in [0.1, 0.15) is 0 Å². The number of aromatic nitrogens is 4. The van der Waals surface area contributed by atoms with E-state index in [-0.39, 0.29) is 5.91 Å². The van der Waals surface area contributed by atoms with Crippen molar-refractivity contribution < 1.29 is 4.79 Å². The molecule has 0 saturated carbocycles. The third-order valence-corrected chi connectivity index (χ3v) is 4.93. The van der Waals surface area contributed by atoms with E-state index in [2.05, 4.69) is 36.5 Å². The highest BCUT2D eigenvalue weighted by molar-refractivity contribution is 9.10. The van der Waals surface area contributed by atoms with Crippen molar-refractivity contribution in [3.8, 4) is 16.9 Å². The topological polar surface area (TPSA) is 72.7 Å². The Balaban J connectivity index is 1.59. The van der Waals surface area contributed by atoms with Crippen LogP contribution in [-0.4, -0.2) is 25.9 Å². The Labute approximate surface area is 161 Å². The Hall–Kier alpha value is -2.84. The van der Waals surface area contributed by atoms with Gasteiger partial charge in [-0.25, -0.2) is 9.67 Å². The molecule has 2 heterocycles. The summed E-state index contributed by atoms with van der Waals surface area (Å²) in [6.07, 6.45) is 3.37. The molecule has 2 aromatic heterocycles. The predicted octanol–water partition coefficient (Wildman–Crippen LogP) is 4.41. The van der Waals surface area contributed by atoms with Crippen LogP contribution >= 0.6 is 27.3 Å². The number of nitrogens with one attached hydrogen (secondary N) is 1. The first-order chi connectivity index (χ1) is 12.7. The molecular formula is C18H12BrN5OS. The number of hydrogen-bond acceptors (Lipinski definition) is 5. The van der Waals surface area contributed by atoms with Gasteiger partial charge in [0.25, 0.3) is 5.91 Å². The molecule has 4 rings (SSSR count). The van der Waals surface area contributed by atoms with Gasteiger partial charge >= 0.3 is 0 Å². The van der Waals surface area contributed by atoms with E-state index in [0.29, 0.717) is 10.7 Å². The summed E-state index contributed by atoms with van der Waals surface area (Å²) in [6, 6.07) is 15.1. The maximum Gasteiger partial charge on any atom is 0.257 e. The molecule has 2 aromatic carbocycles. The molecule has 1 N–H and O–H groups in total. The normalized spacial score (nSPS) is 10.7. The third-order valence-electron chi connectivity index (χ3n) is 3.72. The van der Waals surface area contributed by atoms with Crippen LogP contribution in [0.1, 0.15) is 10.4 Å². The summed E-state index contributed by atoms with van der Waals surface area (Å²) in [5.74, 6) is -0.196. The van der Waals surface area contributed by atoms with E-state index in [1.54, 1.807) is 29.2 Å². The van der Waals surface area contributed by atoms with Crippen LogP contribution in [-0.2, 0) is 0 Å². The van der Waals surface area contributed by atoms with E-state index in [9.17, 15) is 4.79 Å². The minimum absolute atomic E-state index is 0.196. The molecule has 0 aliphatic heterocycles. The summed E-state index contributed by atoms with van der Waals surface area (Å²) >= 11 is 4.81. The van der Waals surface area contributed by atoms with Crippen LogP contribution in [0.25, 0.3) is 16.9 Å². The zero-order valence-corrected chi connectivity index (χ0v) is 15.7. The Morgan fingerprint density at radius 3 is 2.54 bits per heavy atom. The zero-order chi connectivity index (χ0) is 17.9. The van der Waals surface area contributed by atoms with Crippen LogP contribution in [0.5, 0.6) is 0 Å². The van der Waals surface area contributed by atoms with Crippen LogP contribution in [0.4, 0.5) is 5.13 Å². The van der Waals surface area contributed by atoms with Crippen LogP contribution in [0, 0.1) is 0 Å². The summed E-state index contributed by atoms with van der Waals surface area (Å²) in [7, 11) is 0. The predicted molar refractivity (Wildman–Crippen MR) is 105 cm³/mol. The Morgan fingerprint density at radius 2 is 1.85 bits per heavy atom. The molecule has 0 atom stereocenters. The first-order valence-corrected chi connectivity index (χ1v) is 9.36. The Morgan fingerprint density at radius 1 is 1.08 bits per heavy atom. The molecule has 0 fully saturated rings. The fourth-order valence-corrected chi connectivity index (χ4v) is 3.24. The van der Waals surface area contributed by atoms with E-state index in [1.165, 1.54) is 11.3 Å². The van der Waals surface area contributed by atoms with Crippen molar-refractivity contribution in [3.05, 3.63) is 76.3 Å². The lowest BCUT2D eigenvalue weighted by atomic mass is 10.1. The van der Waals surface area contributed by atoms with Crippen molar-refractivity contribution >= 4 is 38.3 Å². The highest BCUT2D eigenvalue weighted by atomic mass is 79.9. The molecule has 0 aliphatic rings. The lowest BCUT2D eigenvalue weighted by Crippen LogP contribution is -2.11. The number of nitrogens with zero attached hydrogens (tertiary/aromatic N) is 4. The summed E-state index contributed by atoms with van der Waals surface area (Å²) < 4.78 is 2.75. The molecule has 128 valence electrons. The molecule has 0 bridgehead atoms. The maximum absolute atomic E-state index is 12.2. The van der Waals surface area contributed by atoms with Gasteiger partial charge in [0.15, 0.2) is 5.13 Å². The van der Waals surface area contributed by atoms with Gasteiger partial charge in [0.2, 0.25) is 0 Å². The van der Waals surface area contributed by atoms with Crippen LogP contribution in [0.2, 0.25) is 0 Å². The molecule has 26 heavy (non-hydrogen) atoms. The van der Waals surface area contributed by atoms with E-state index in [1.807, 2.05) is 41.8 Å². The molecule has 1 amide bonds. The monoisotopic (exact) mass is 425 g/mol. The molecule has 6 nitrogen and oxygen atoms in total. The van der Waals surface area contributed by atoms with Gasteiger partial charge in [-0.3, -0.25) is 10.1 Å². The second-order valence-electron chi connectivity index (χ2n) is 5.38. The number of thiazole rings is 1. The summed E-state index contributed by atoms with van der Waals surface area (Å²) in [5.41, 5.74) is 3.25. The highest BCUT2D eigenvalue weighted by Crippen LogP contribution is 2.23. The number of amides is 1. The van der Waals surface area contributed by atoms with E-state index in [0.717, 1.165) is 21.4 Å². The van der Waals surface area contributed by atoms with Gasteiger partial charge < -0.3 is 0 Å². The largest absolute Gasteiger partial charge is 0.298 e. The Bertz CT molecular complexity index is 1030. The van der Waals surface area contributed by atoms with Crippen molar-refractivity contribution in [1.29, 1.82) is 0 Å². The second kappa shape index (κ2) is 7.19. The minimum Gasteiger partial charge on any atom is -0.298 e. The molecular weight excluding hydrogens is 414 g/mol. The molecule has 8 heteroatoms. The summed E-state index contributed by atoms with van der Waals surface area (Å²) in [6.45, 7) is 0. The van der Waals surface area contributed by atoms with Gasteiger partial charge in [-0.1, -0.05) is 33.3 Å². The molecule has 0 spiro atoms. The van der Waals surface area contributed by atoms with Crippen molar-refractivity contribution in [1.82, 2.24) is 20.0 Å². The van der Waals surface area contributed by atoms with Crippen molar-refractivity contribution in [2.75, 3.05) is 5.32 Å². The first kappa shape index (κ1) is 16.6. The van der Waals surface area contributed by atoms with Crippen LogP contribution in [0.3, 0.4) is 0 Å². The SMILES string of the molecule is O=C(Nc1nccs1)c1ccc(-n2nncc2-c2ccc(Br)cc2)cc1. The summed E-state index contributed by atoms with van der Waals surface area (Å²) in [4.78, 5) is 16.3. The molecule has 0 unspecified atom stereocenters. The smallest absolute Gasteiger partial charge is 0.257 e. The van der Waals surface area contributed by atoms with Gasteiger partial charge in [0.05, 0.1) is 17.6 Å². The van der Waals surface area contributed by atoms with E-state index in [4.69, 9.17) is 0 Å². The lowest BCUT2D eigenvalue weighted by Gasteiger charge is -2.08. The van der Waals surface area contributed by atoms with E-state index < -0.39 is 0 Å². The summed E-state index contributed by atoms with van der Waals surface area (Å²) in [5, 5.41) is 13.3. The second-order valence-corrected chi connectivity index (χ2v) is 7.19. The molecule has 4 aromatic rings. The molecule has 0 radical (unpaired) electrons. The highest BCUT2D eigenvalue weighted by Gasteiger charge is 2.11. The van der Waals surface area contributed by atoms with Crippen LogP contribution in [0.15, 0.2) is 70.8 Å². The maximum atomic E-state index is 12.2. The number of hydrogen-bond donors (Lipinski definition) is 1. The Kier molecular flexibility index (Phi) is 4.59. The van der Waals surface area contributed by atoms with Crippen LogP contribution < -0.4 is 5.32 Å². The minimum atomic E-state index is -0.196. The van der Waals surface area contributed by atoms with Gasteiger partial charge in [0, 0.05) is 27.2 Å². The number of carbonyl (C=O) groups excluding carboxylic acids is 1. The number of anilines is 1. The van der Waals surface area contributed by atoms with E-state index >= 15 is 0 Å². The average Bonchev–Trinajstić information content (AvgIpc) is 3.34. The first-order valence-electron chi connectivity index (χ1n) is 7.68. The zero-order valence-electron chi connectivity index (χ0n) is 13.3. The number of rotatable bonds is 4. The fraction of sp³-hybridized carbons (Fsp3) is 0. The van der Waals surface area contributed by atoms with Crippen molar-refractivity contribution in [3.63, 3.8) is 0 Å². The van der Waals surface area contributed by atoms with Crippen molar-refractivity contribution in [2.24, 2.45) is 0 Å². The quantitative estimate of drug-likeness (QED) is 0.525. The van der Waals surface area contributed by atoms with Gasteiger partial charge in [-0.2, -0.15) is 0 Å². The molecule has 0 saturated heterocycles. The lowest BCUT2D eigenvalue weighted by molar-refractivity contribution is 0.102. The van der Waals surface area contributed by atoms with Gasteiger partial charge in [-0.05, 0) is 36.4 Å². The number of benzene rings is 2. The molecule has 0 aliphatic carbocycles. The standard InChI is InChI=1S/C18H12BrN5OS/c19-14-5-1-12(2-6-14)16-11-21-23-24(16)15-7-3-13(4-8-15)17(25)22-18-20-9-10-26-18/h1-11H,(H,20,22,25). The fourth-order valence-electron chi connectivity index (χ4n) is 2.45. The average molecular weight is 426 g/mol. The number of carbonyl (C=O) groups is 1. The van der Waals surface area contributed by atoms with Gasteiger partial charge in [-0.15, -0.1) is 16.4 Å². The number of halogens is 1. The third kappa shape index (κ3) is 3.42. The van der Waals surface area contributed by atoms with Crippen molar-refractivity contribution in [2.45, 2.75) is 0 Å².